The van der Waals surface area contributed by atoms with Crippen LogP contribution in [-0.2, 0) is 0 Å². The number of aromatic nitrogens is 2. The normalized spacial score (nSPS) is 10.1. The minimum Gasteiger partial charge on any atom is -0.476 e. The van der Waals surface area contributed by atoms with E-state index >= 15 is 0 Å². The first-order chi connectivity index (χ1) is 7.66. The van der Waals surface area contributed by atoms with Gasteiger partial charge in [0.05, 0.1) is 5.69 Å². The van der Waals surface area contributed by atoms with Crippen LogP contribution in [-0.4, -0.2) is 21.3 Å². The van der Waals surface area contributed by atoms with Crippen LogP contribution in [0.3, 0.4) is 0 Å². The molecule has 4 nitrogen and oxygen atoms in total. The molecule has 1 aromatic heterocycles. The molecule has 0 radical (unpaired) electrons. The highest BCUT2D eigenvalue weighted by Crippen LogP contribution is 2.18. The van der Waals surface area contributed by atoms with E-state index < -0.39 is 5.97 Å². The third-order valence-electron chi connectivity index (χ3n) is 2.02. The van der Waals surface area contributed by atoms with Gasteiger partial charge in [0, 0.05) is 10.6 Å². The Bertz CT molecular complexity index is 509. The number of nitrogens with zero attached hydrogens (tertiary/aromatic N) is 2. The Morgan fingerprint density at radius 2 is 1.75 bits per heavy atom. The maximum absolute atomic E-state index is 10.6. The van der Waals surface area contributed by atoms with Crippen LogP contribution in [0.5, 0.6) is 0 Å². The Hall–Kier alpha value is -1.94. The van der Waals surface area contributed by atoms with Crippen LogP contribution < -0.4 is 0 Å². The highest BCUT2D eigenvalue weighted by molar-refractivity contribution is 6.30. The summed E-state index contributed by atoms with van der Waals surface area (Å²) in [5, 5.41) is 16.7. The lowest BCUT2D eigenvalue weighted by molar-refractivity contribution is 0.0689. The zero-order chi connectivity index (χ0) is 11.5. The lowest BCUT2D eigenvalue weighted by Crippen LogP contribution is -2.01. The lowest BCUT2D eigenvalue weighted by atomic mass is 10.1. The Balaban J connectivity index is 2.34. The monoisotopic (exact) mass is 234 g/mol. The first-order valence-electron chi connectivity index (χ1n) is 4.50. The van der Waals surface area contributed by atoms with Crippen molar-refractivity contribution in [3.63, 3.8) is 0 Å². The molecule has 0 aliphatic heterocycles. The molecule has 0 fully saturated rings. The number of carboxylic acids is 1. The van der Waals surface area contributed by atoms with Gasteiger partial charge in [-0.25, -0.2) is 4.79 Å². The summed E-state index contributed by atoms with van der Waals surface area (Å²) < 4.78 is 0. The first-order valence-corrected chi connectivity index (χ1v) is 4.87. The minimum absolute atomic E-state index is 0.0716. The van der Waals surface area contributed by atoms with Crippen LogP contribution in [0.25, 0.3) is 11.3 Å². The van der Waals surface area contributed by atoms with E-state index in [9.17, 15) is 4.79 Å². The van der Waals surface area contributed by atoms with Crippen molar-refractivity contribution in [2.45, 2.75) is 0 Å². The number of benzene rings is 1. The molecule has 0 saturated carbocycles. The van der Waals surface area contributed by atoms with Gasteiger partial charge < -0.3 is 5.11 Å². The summed E-state index contributed by atoms with van der Waals surface area (Å²) in [6, 6.07) is 10.1. The van der Waals surface area contributed by atoms with Crippen molar-refractivity contribution >= 4 is 17.6 Å². The molecular formula is C11H7ClN2O2. The highest BCUT2D eigenvalue weighted by Gasteiger charge is 2.06. The summed E-state index contributed by atoms with van der Waals surface area (Å²) in [5.41, 5.74) is 1.38. The van der Waals surface area contributed by atoms with Crippen molar-refractivity contribution in [1.82, 2.24) is 10.2 Å². The van der Waals surface area contributed by atoms with E-state index in [1.807, 2.05) is 0 Å². The second kappa shape index (κ2) is 4.28. The molecule has 0 aliphatic rings. The largest absolute Gasteiger partial charge is 0.476 e. The molecule has 16 heavy (non-hydrogen) atoms. The summed E-state index contributed by atoms with van der Waals surface area (Å²) in [7, 11) is 0. The molecule has 5 heteroatoms. The zero-order valence-corrected chi connectivity index (χ0v) is 8.85. The van der Waals surface area contributed by atoms with Crippen LogP contribution in [0.4, 0.5) is 0 Å². The van der Waals surface area contributed by atoms with Crippen LogP contribution in [0, 0.1) is 0 Å². The molecule has 0 saturated heterocycles. The van der Waals surface area contributed by atoms with Gasteiger partial charge in [-0.2, -0.15) is 0 Å². The van der Waals surface area contributed by atoms with E-state index in [0.717, 1.165) is 5.56 Å². The number of carboxylic acid groups (broad SMARTS) is 1. The summed E-state index contributed by atoms with van der Waals surface area (Å²) in [6.07, 6.45) is 0. The molecule has 1 N–H and O–H groups in total. The van der Waals surface area contributed by atoms with Crippen molar-refractivity contribution in [1.29, 1.82) is 0 Å². The maximum atomic E-state index is 10.6. The van der Waals surface area contributed by atoms with Gasteiger partial charge in [0.25, 0.3) is 0 Å². The fourth-order valence-electron chi connectivity index (χ4n) is 1.22. The summed E-state index contributed by atoms with van der Waals surface area (Å²) in [5.74, 6) is -1.09. The molecule has 0 amide bonds. The van der Waals surface area contributed by atoms with Gasteiger partial charge in [-0.1, -0.05) is 23.7 Å². The van der Waals surface area contributed by atoms with Crippen LogP contribution in [0.15, 0.2) is 36.4 Å². The third kappa shape index (κ3) is 2.17. The Morgan fingerprint density at radius 1 is 1.06 bits per heavy atom. The molecule has 2 rings (SSSR count). The van der Waals surface area contributed by atoms with E-state index in [4.69, 9.17) is 16.7 Å². The van der Waals surface area contributed by atoms with Gasteiger partial charge in [0.1, 0.15) is 0 Å². The van der Waals surface area contributed by atoms with Crippen molar-refractivity contribution in [3.8, 4) is 11.3 Å². The smallest absolute Gasteiger partial charge is 0.356 e. The van der Waals surface area contributed by atoms with Gasteiger partial charge >= 0.3 is 5.97 Å². The molecule has 1 heterocycles. The number of carbonyl (C=O) groups is 1. The highest BCUT2D eigenvalue weighted by atomic mass is 35.5. The Labute approximate surface area is 96.5 Å². The second-order valence-electron chi connectivity index (χ2n) is 3.12. The average Bonchev–Trinajstić information content (AvgIpc) is 2.30. The third-order valence-corrected chi connectivity index (χ3v) is 2.28. The van der Waals surface area contributed by atoms with Crippen molar-refractivity contribution in [2.75, 3.05) is 0 Å². The zero-order valence-electron chi connectivity index (χ0n) is 8.09. The summed E-state index contributed by atoms with van der Waals surface area (Å²) in [4.78, 5) is 10.6. The predicted octanol–water partition coefficient (Wildman–Crippen LogP) is 2.50. The fourth-order valence-corrected chi connectivity index (χ4v) is 1.35. The van der Waals surface area contributed by atoms with Gasteiger partial charge in [-0.3, -0.25) is 0 Å². The molecular weight excluding hydrogens is 228 g/mol. The number of hydrogen-bond donors (Lipinski definition) is 1. The van der Waals surface area contributed by atoms with E-state index in [2.05, 4.69) is 10.2 Å². The predicted molar refractivity (Wildman–Crippen MR) is 59.4 cm³/mol. The minimum atomic E-state index is -1.09. The SMILES string of the molecule is O=C(O)c1ccc(-c2ccc(Cl)cc2)nn1. The van der Waals surface area contributed by atoms with Crippen molar-refractivity contribution < 1.29 is 9.90 Å². The van der Waals surface area contributed by atoms with Crippen LogP contribution in [0.2, 0.25) is 5.02 Å². The van der Waals surface area contributed by atoms with Crippen LogP contribution >= 0.6 is 11.6 Å². The summed E-state index contributed by atoms with van der Waals surface area (Å²) >= 11 is 5.75. The molecule has 1 aromatic carbocycles. The first kappa shape index (κ1) is 10.6. The molecule has 80 valence electrons. The number of halogens is 1. The van der Waals surface area contributed by atoms with Crippen molar-refractivity contribution in [3.05, 3.63) is 47.1 Å². The van der Waals surface area contributed by atoms with Gasteiger partial charge in [-0.05, 0) is 24.3 Å². The Morgan fingerprint density at radius 3 is 2.25 bits per heavy atom. The van der Waals surface area contributed by atoms with Gasteiger partial charge in [-0.15, -0.1) is 10.2 Å². The molecule has 0 spiro atoms. The molecule has 0 aliphatic carbocycles. The number of hydrogen-bond acceptors (Lipinski definition) is 3. The quantitative estimate of drug-likeness (QED) is 0.867. The van der Waals surface area contributed by atoms with E-state index in [-0.39, 0.29) is 5.69 Å². The standard InChI is InChI=1S/C11H7ClN2O2/c12-8-3-1-7(2-4-8)9-5-6-10(11(15)16)14-13-9/h1-6H,(H,15,16). The van der Waals surface area contributed by atoms with Gasteiger partial charge in [0.15, 0.2) is 5.69 Å². The summed E-state index contributed by atoms with van der Waals surface area (Å²) in [6.45, 7) is 0. The Kier molecular flexibility index (Phi) is 2.83. The van der Waals surface area contributed by atoms with E-state index in [1.54, 1.807) is 30.3 Å². The average molecular weight is 235 g/mol. The second-order valence-corrected chi connectivity index (χ2v) is 3.55. The van der Waals surface area contributed by atoms with E-state index in [1.165, 1.54) is 6.07 Å². The van der Waals surface area contributed by atoms with Crippen molar-refractivity contribution in [2.24, 2.45) is 0 Å². The molecule has 0 bridgehead atoms. The fraction of sp³-hybridized carbons (Fsp3) is 0. The van der Waals surface area contributed by atoms with Gasteiger partial charge in [0.2, 0.25) is 0 Å². The van der Waals surface area contributed by atoms with Crippen LogP contribution in [0.1, 0.15) is 10.5 Å². The number of rotatable bonds is 2. The molecule has 0 atom stereocenters. The maximum Gasteiger partial charge on any atom is 0.356 e. The lowest BCUT2D eigenvalue weighted by Gasteiger charge is -2.00. The topological polar surface area (TPSA) is 63.1 Å². The number of aromatic carboxylic acids is 1. The molecule has 2 aromatic rings. The molecule has 0 unspecified atom stereocenters. The van der Waals surface area contributed by atoms with E-state index in [0.29, 0.717) is 10.7 Å².